The molecular formula is C19H19N3O3. The van der Waals surface area contributed by atoms with Crippen LogP contribution in [0.15, 0.2) is 54.6 Å². The molecule has 0 spiro atoms. The molecule has 2 aromatic carbocycles. The van der Waals surface area contributed by atoms with Crippen molar-refractivity contribution in [2.45, 2.75) is 13.8 Å². The summed E-state index contributed by atoms with van der Waals surface area (Å²) in [6, 6.07) is 15.7. The average molecular weight is 337 g/mol. The number of carbonyl (C=O) groups excluding carboxylic acids is 1. The standard InChI is InChI=1S/C19H19N3O3/c1-12-8-9-16(13(2)10-12)22-17(23)11-15(19(22)25)20-21-18(24)14-6-4-3-5-7-14/h3-11,20,23,25H,1-2H3,(H,21,24). The molecule has 0 saturated carbocycles. The summed E-state index contributed by atoms with van der Waals surface area (Å²) in [5.41, 5.74) is 8.46. The van der Waals surface area contributed by atoms with E-state index in [1.807, 2.05) is 38.1 Å². The molecule has 0 radical (unpaired) electrons. The van der Waals surface area contributed by atoms with Crippen LogP contribution in [0.4, 0.5) is 5.69 Å². The molecule has 4 N–H and O–H groups in total. The molecule has 0 fully saturated rings. The molecule has 0 aliphatic rings. The first-order chi connectivity index (χ1) is 12.0. The van der Waals surface area contributed by atoms with Gasteiger partial charge in [0.25, 0.3) is 5.91 Å². The van der Waals surface area contributed by atoms with Crippen molar-refractivity contribution in [3.8, 4) is 17.4 Å². The number of hydrogen-bond acceptors (Lipinski definition) is 4. The summed E-state index contributed by atoms with van der Waals surface area (Å²) in [5, 5.41) is 20.6. The van der Waals surface area contributed by atoms with E-state index in [4.69, 9.17) is 0 Å². The number of hydrogen-bond donors (Lipinski definition) is 4. The topological polar surface area (TPSA) is 86.5 Å². The van der Waals surface area contributed by atoms with Gasteiger partial charge in [-0.15, -0.1) is 0 Å². The smallest absolute Gasteiger partial charge is 0.269 e. The minimum absolute atomic E-state index is 0.138. The van der Waals surface area contributed by atoms with Crippen molar-refractivity contribution in [3.63, 3.8) is 0 Å². The first-order valence-electron chi connectivity index (χ1n) is 7.80. The Morgan fingerprint density at radius 3 is 2.40 bits per heavy atom. The summed E-state index contributed by atoms with van der Waals surface area (Å²) in [6.07, 6.45) is 0. The maximum absolute atomic E-state index is 12.1. The van der Waals surface area contributed by atoms with Crippen molar-refractivity contribution < 1.29 is 15.0 Å². The number of hydrazine groups is 1. The van der Waals surface area contributed by atoms with Crippen LogP contribution in [0.5, 0.6) is 11.8 Å². The van der Waals surface area contributed by atoms with E-state index >= 15 is 0 Å². The van der Waals surface area contributed by atoms with Crippen LogP contribution in [-0.2, 0) is 0 Å². The molecule has 0 aliphatic heterocycles. The van der Waals surface area contributed by atoms with Gasteiger partial charge in [-0.1, -0.05) is 35.9 Å². The lowest BCUT2D eigenvalue weighted by atomic mass is 10.1. The van der Waals surface area contributed by atoms with Gasteiger partial charge in [0.05, 0.1) is 5.69 Å². The van der Waals surface area contributed by atoms with Crippen LogP contribution in [0.1, 0.15) is 21.5 Å². The zero-order valence-electron chi connectivity index (χ0n) is 13.9. The SMILES string of the molecule is Cc1ccc(-n2c(O)cc(NNC(=O)c3ccccc3)c2O)c(C)c1. The molecule has 1 heterocycles. The molecule has 3 rings (SSSR count). The van der Waals surface area contributed by atoms with Gasteiger partial charge in [0.2, 0.25) is 11.8 Å². The Morgan fingerprint density at radius 1 is 1.00 bits per heavy atom. The summed E-state index contributed by atoms with van der Waals surface area (Å²) >= 11 is 0. The predicted molar refractivity (Wildman–Crippen MR) is 96.1 cm³/mol. The van der Waals surface area contributed by atoms with Crippen molar-refractivity contribution in [2.24, 2.45) is 0 Å². The monoisotopic (exact) mass is 337 g/mol. The Hall–Kier alpha value is -3.41. The summed E-state index contributed by atoms with van der Waals surface area (Å²) in [4.78, 5) is 12.1. The Balaban J connectivity index is 1.84. The fourth-order valence-electron chi connectivity index (χ4n) is 2.66. The second kappa shape index (κ2) is 6.60. The first-order valence-corrected chi connectivity index (χ1v) is 7.80. The number of rotatable bonds is 4. The highest BCUT2D eigenvalue weighted by Crippen LogP contribution is 2.36. The number of carbonyl (C=O) groups is 1. The zero-order chi connectivity index (χ0) is 18.0. The fraction of sp³-hybridized carbons (Fsp3) is 0.105. The normalized spacial score (nSPS) is 10.5. The Bertz CT molecular complexity index is 917. The highest BCUT2D eigenvalue weighted by atomic mass is 16.3. The van der Waals surface area contributed by atoms with Crippen molar-refractivity contribution in [1.82, 2.24) is 9.99 Å². The molecule has 0 atom stereocenters. The second-order valence-corrected chi connectivity index (χ2v) is 5.81. The van der Waals surface area contributed by atoms with E-state index in [9.17, 15) is 15.0 Å². The van der Waals surface area contributed by atoms with E-state index in [0.29, 0.717) is 11.3 Å². The molecule has 25 heavy (non-hydrogen) atoms. The molecule has 0 unspecified atom stereocenters. The van der Waals surface area contributed by atoms with Gasteiger partial charge in [-0.25, -0.2) is 4.57 Å². The minimum atomic E-state index is -0.348. The van der Waals surface area contributed by atoms with Crippen molar-refractivity contribution in [3.05, 3.63) is 71.3 Å². The van der Waals surface area contributed by atoms with Crippen LogP contribution < -0.4 is 10.9 Å². The molecule has 6 nitrogen and oxygen atoms in total. The summed E-state index contributed by atoms with van der Waals surface area (Å²) in [6.45, 7) is 3.86. The lowest BCUT2D eigenvalue weighted by molar-refractivity contribution is 0.0962. The van der Waals surface area contributed by atoms with Crippen LogP contribution >= 0.6 is 0 Å². The van der Waals surface area contributed by atoms with Gasteiger partial charge < -0.3 is 10.2 Å². The quantitative estimate of drug-likeness (QED) is 0.550. The Labute approximate surface area is 145 Å². The molecule has 3 aromatic rings. The maximum Gasteiger partial charge on any atom is 0.269 e. The Morgan fingerprint density at radius 2 is 1.72 bits per heavy atom. The third-order valence-corrected chi connectivity index (χ3v) is 3.90. The van der Waals surface area contributed by atoms with Crippen LogP contribution in [0.2, 0.25) is 0 Å². The number of amides is 1. The molecule has 1 amide bonds. The number of aromatic nitrogens is 1. The van der Waals surface area contributed by atoms with Crippen molar-refractivity contribution >= 4 is 11.6 Å². The molecular weight excluding hydrogens is 318 g/mol. The third kappa shape index (κ3) is 3.28. The third-order valence-electron chi connectivity index (χ3n) is 3.90. The lowest BCUT2D eigenvalue weighted by Crippen LogP contribution is -2.29. The van der Waals surface area contributed by atoms with Gasteiger partial charge in [0, 0.05) is 11.6 Å². The number of aromatic hydroxyl groups is 2. The number of aryl methyl sites for hydroxylation is 2. The van der Waals surface area contributed by atoms with E-state index in [-0.39, 0.29) is 23.4 Å². The van der Waals surface area contributed by atoms with Crippen molar-refractivity contribution in [1.29, 1.82) is 0 Å². The van der Waals surface area contributed by atoms with E-state index in [0.717, 1.165) is 11.1 Å². The first kappa shape index (κ1) is 16.4. The van der Waals surface area contributed by atoms with Crippen LogP contribution in [0.3, 0.4) is 0 Å². The van der Waals surface area contributed by atoms with Crippen LogP contribution in [0.25, 0.3) is 5.69 Å². The molecule has 0 saturated heterocycles. The Kier molecular flexibility index (Phi) is 4.35. The number of nitrogens with one attached hydrogen (secondary N) is 2. The van der Waals surface area contributed by atoms with E-state index in [1.54, 1.807) is 24.3 Å². The molecule has 1 aromatic heterocycles. The van der Waals surface area contributed by atoms with E-state index in [2.05, 4.69) is 10.9 Å². The highest BCUT2D eigenvalue weighted by molar-refractivity contribution is 5.95. The maximum atomic E-state index is 12.1. The van der Waals surface area contributed by atoms with E-state index in [1.165, 1.54) is 10.6 Å². The fourth-order valence-corrected chi connectivity index (χ4v) is 2.66. The highest BCUT2D eigenvalue weighted by Gasteiger charge is 2.17. The van der Waals surface area contributed by atoms with Crippen LogP contribution in [0, 0.1) is 13.8 Å². The van der Waals surface area contributed by atoms with E-state index < -0.39 is 0 Å². The van der Waals surface area contributed by atoms with Gasteiger partial charge in [0.1, 0.15) is 5.69 Å². The summed E-state index contributed by atoms with van der Waals surface area (Å²) < 4.78 is 1.31. The van der Waals surface area contributed by atoms with Gasteiger partial charge in [0.15, 0.2) is 0 Å². The van der Waals surface area contributed by atoms with Gasteiger partial charge >= 0.3 is 0 Å². The van der Waals surface area contributed by atoms with Crippen LogP contribution in [-0.4, -0.2) is 20.7 Å². The molecule has 0 aliphatic carbocycles. The average Bonchev–Trinajstić information content (AvgIpc) is 2.88. The minimum Gasteiger partial charge on any atom is -0.494 e. The largest absolute Gasteiger partial charge is 0.494 e. The number of nitrogens with zero attached hydrogens (tertiary/aromatic N) is 1. The molecule has 0 bridgehead atoms. The number of benzene rings is 2. The zero-order valence-corrected chi connectivity index (χ0v) is 13.9. The summed E-state index contributed by atoms with van der Waals surface area (Å²) in [7, 11) is 0. The second-order valence-electron chi connectivity index (χ2n) is 5.81. The van der Waals surface area contributed by atoms with Gasteiger partial charge in [-0.3, -0.25) is 15.6 Å². The predicted octanol–water partition coefficient (Wildman–Crippen LogP) is 3.26. The lowest BCUT2D eigenvalue weighted by Gasteiger charge is -2.12. The number of anilines is 1. The van der Waals surface area contributed by atoms with Gasteiger partial charge in [-0.05, 0) is 37.6 Å². The summed E-state index contributed by atoms with van der Waals surface area (Å²) in [5.74, 6) is -0.683. The molecule has 128 valence electrons. The van der Waals surface area contributed by atoms with Gasteiger partial charge in [-0.2, -0.15) is 0 Å². The molecule has 6 heteroatoms. The van der Waals surface area contributed by atoms with Crippen molar-refractivity contribution in [2.75, 3.05) is 5.43 Å².